The molecule has 0 aliphatic heterocycles. The summed E-state index contributed by atoms with van der Waals surface area (Å²) in [4.78, 5) is 12.1. The van der Waals surface area contributed by atoms with E-state index in [1.165, 1.54) is 23.6 Å². The van der Waals surface area contributed by atoms with E-state index in [1.54, 1.807) is 0 Å². The molecular formula is C29H54O4Si2. The Morgan fingerprint density at radius 3 is 2.20 bits per heavy atom. The average molecular weight is 523 g/mol. The summed E-state index contributed by atoms with van der Waals surface area (Å²) in [6.45, 7) is 29.6. The van der Waals surface area contributed by atoms with Crippen LogP contribution in [0, 0.1) is 11.3 Å². The van der Waals surface area contributed by atoms with Crippen LogP contribution in [0.1, 0.15) is 88.0 Å². The fraction of sp³-hybridized carbons (Fsp3) is 0.828. The van der Waals surface area contributed by atoms with E-state index in [1.807, 2.05) is 0 Å². The summed E-state index contributed by atoms with van der Waals surface area (Å²) in [7, 11) is -3.68. The molecule has 6 heteroatoms. The smallest absolute Gasteiger partial charge is 0.303 e. The van der Waals surface area contributed by atoms with Crippen molar-refractivity contribution in [1.82, 2.24) is 0 Å². The van der Waals surface area contributed by atoms with Gasteiger partial charge in [-0.25, -0.2) is 0 Å². The minimum atomic E-state index is -1.87. The highest BCUT2D eigenvalue weighted by molar-refractivity contribution is 6.74. The maximum Gasteiger partial charge on any atom is 0.303 e. The lowest BCUT2D eigenvalue weighted by Gasteiger charge is -2.50. The highest BCUT2D eigenvalue weighted by Crippen LogP contribution is 2.54. The minimum absolute atomic E-state index is 0.0516. The molecule has 0 aromatic rings. The Bertz CT molecular complexity index is 798. The number of allylic oxidation sites excluding steroid dienone is 1. The fourth-order valence-corrected chi connectivity index (χ4v) is 9.66. The van der Waals surface area contributed by atoms with Crippen molar-refractivity contribution in [2.45, 2.75) is 136 Å². The first-order valence-corrected chi connectivity index (χ1v) is 19.3. The Morgan fingerprint density at radius 1 is 1.14 bits per heavy atom. The number of hydrogen-bond acceptors (Lipinski definition) is 4. The van der Waals surface area contributed by atoms with Crippen LogP contribution in [0.5, 0.6) is 0 Å². The van der Waals surface area contributed by atoms with Gasteiger partial charge in [-0.05, 0) is 91.4 Å². The summed E-state index contributed by atoms with van der Waals surface area (Å²) in [6, 6.07) is 3.27. The minimum Gasteiger partial charge on any atom is -0.459 e. The van der Waals surface area contributed by atoms with Crippen molar-refractivity contribution in [3.63, 3.8) is 0 Å². The van der Waals surface area contributed by atoms with Crippen LogP contribution >= 0.6 is 0 Å². The van der Waals surface area contributed by atoms with Gasteiger partial charge >= 0.3 is 5.97 Å². The predicted molar refractivity (Wildman–Crippen MR) is 153 cm³/mol. The molecule has 0 amide bonds. The van der Waals surface area contributed by atoms with Crippen LogP contribution in [-0.4, -0.2) is 41.4 Å². The van der Waals surface area contributed by atoms with Crippen molar-refractivity contribution in [2.24, 2.45) is 11.3 Å². The third kappa shape index (κ3) is 6.79. The van der Waals surface area contributed by atoms with Gasteiger partial charge in [0.1, 0.15) is 12.2 Å². The van der Waals surface area contributed by atoms with Crippen LogP contribution in [0.3, 0.4) is 0 Å². The quantitative estimate of drug-likeness (QED) is 0.164. The number of hydrogen-bond donors (Lipinski definition) is 0. The molecular weight excluding hydrogens is 468 g/mol. The topological polar surface area (TPSA) is 44.8 Å². The van der Waals surface area contributed by atoms with E-state index in [9.17, 15) is 4.79 Å². The Labute approximate surface area is 218 Å². The van der Waals surface area contributed by atoms with Crippen LogP contribution < -0.4 is 0 Å². The lowest BCUT2D eigenvalue weighted by Crippen LogP contribution is -2.51. The molecule has 4 nitrogen and oxygen atoms in total. The molecule has 202 valence electrons. The molecule has 1 fully saturated rings. The molecule has 35 heavy (non-hydrogen) atoms. The molecule has 0 saturated heterocycles. The fourth-order valence-electron chi connectivity index (χ4n) is 5.81. The molecule has 0 bridgehead atoms. The summed E-state index contributed by atoms with van der Waals surface area (Å²) < 4.78 is 19.5. The zero-order valence-electron chi connectivity index (χ0n) is 24.7. The lowest BCUT2D eigenvalue weighted by atomic mass is 9.60. The number of fused-ring (bicyclic) bond motifs is 1. The largest absolute Gasteiger partial charge is 0.459 e. The van der Waals surface area contributed by atoms with E-state index in [4.69, 9.17) is 13.6 Å². The highest BCUT2D eigenvalue weighted by atomic mass is 28.4. The van der Waals surface area contributed by atoms with Crippen molar-refractivity contribution in [3.8, 4) is 0 Å². The van der Waals surface area contributed by atoms with E-state index >= 15 is 0 Å². The summed E-state index contributed by atoms with van der Waals surface area (Å²) in [5.74, 6) is 0.235. The van der Waals surface area contributed by atoms with Crippen LogP contribution in [-0.2, 0) is 18.4 Å². The Morgan fingerprint density at radius 2 is 1.71 bits per heavy atom. The van der Waals surface area contributed by atoms with Crippen molar-refractivity contribution >= 4 is 22.6 Å². The first kappa shape index (κ1) is 30.5. The van der Waals surface area contributed by atoms with Crippen LogP contribution in [0.25, 0.3) is 0 Å². The normalized spacial score (nSPS) is 28.0. The first-order valence-electron chi connectivity index (χ1n) is 13.9. The number of carbonyl (C=O) groups is 1. The second-order valence-electron chi connectivity index (χ2n) is 13.0. The van der Waals surface area contributed by atoms with Gasteiger partial charge in [-0.15, -0.1) is 0 Å². The zero-order valence-corrected chi connectivity index (χ0v) is 26.7. The predicted octanol–water partition coefficient (Wildman–Crippen LogP) is 8.41. The van der Waals surface area contributed by atoms with Gasteiger partial charge in [0.2, 0.25) is 0 Å². The molecule has 2 rings (SSSR count). The third-order valence-electron chi connectivity index (χ3n) is 9.75. The summed E-state index contributed by atoms with van der Waals surface area (Å²) in [5, 5.41) is 0.200. The van der Waals surface area contributed by atoms with Gasteiger partial charge in [0, 0.05) is 6.92 Å². The van der Waals surface area contributed by atoms with Crippen LogP contribution in [0.15, 0.2) is 23.3 Å². The number of ether oxygens (including phenoxy) is 1. The molecule has 4 unspecified atom stereocenters. The van der Waals surface area contributed by atoms with Gasteiger partial charge < -0.3 is 13.6 Å². The Balaban J connectivity index is 2.32. The molecule has 0 heterocycles. The second-order valence-corrected chi connectivity index (χ2v) is 22.5. The number of rotatable bonds is 10. The molecule has 0 spiro atoms. The molecule has 2 aliphatic carbocycles. The van der Waals surface area contributed by atoms with Gasteiger partial charge in [-0.3, -0.25) is 4.79 Å². The standard InChI is InChI=1S/C29H54O4Si2/c1-13-35(14-2,15-3)33-27-22(5)25-18-24(21(4)20-31-34(11,12)28(7,8)9)16-17-29(25,10)19-26(27)32-23(6)30/h24,26-27H,4,13-20H2,1-3,5-12H3. The molecule has 0 aromatic heterocycles. The molecule has 2 aliphatic rings. The highest BCUT2D eigenvalue weighted by Gasteiger charge is 2.49. The van der Waals surface area contributed by atoms with Gasteiger partial charge in [0.25, 0.3) is 0 Å². The van der Waals surface area contributed by atoms with E-state index in [-0.39, 0.29) is 28.6 Å². The SMILES string of the molecule is C=C(CO[Si](C)(C)C(C)(C)C)C1CCC2(C)CC(OC(C)=O)C(O[Si](CC)(CC)CC)C(C)=C2C1. The van der Waals surface area contributed by atoms with Gasteiger partial charge in [0.05, 0.1) is 6.61 Å². The van der Waals surface area contributed by atoms with E-state index in [0.29, 0.717) is 12.5 Å². The Kier molecular flexibility index (Phi) is 9.91. The summed E-state index contributed by atoms with van der Waals surface area (Å²) in [6.07, 6.45) is 3.76. The van der Waals surface area contributed by atoms with Crippen molar-refractivity contribution < 1.29 is 18.4 Å². The van der Waals surface area contributed by atoms with Crippen LogP contribution in [0.2, 0.25) is 36.3 Å². The van der Waals surface area contributed by atoms with Crippen molar-refractivity contribution in [2.75, 3.05) is 6.61 Å². The average Bonchev–Trinajstić information content (AvgIpc) is 2.76. The van der Waals surface area contributed by atoms with E-state index in [0.717, 1.165) is 43.8 Å². The van der Waals surface area contributed by atoms with Crippen LogP contribution in [0.4, 0.5) is 0 Å². The maximum atomic E-state index is 12.1. The monoisotopic (exact) mass is 522 g/mol. The van der Waals surface area contributed by atoms with E-state index in [2.05, 4.69) is 75.1 Å². The maximum absolute atomic E-state index is 12.1. The molecule has 4 atom stereocenters. The van der Waals surface area contributed by atoms with Gasteiger partial charge in [-0.2, -0.15) is 0 Å². The molecule has 0 aromatic carbocycles. The Hall–Kier alpha value is -0.696. The van der Waals surface area contributed by atoms with Crippen molar-refractivity contribution in [1.29, 1.82) is 0 Å². The number of carbonyl (C=O) groups excluding carboxylic acids is 1. The third-order valence-corrected chi connectivity index (χ3v) is 18.8. The van der Waals surface area contributed by atoms with Crippen molar-refractivity contribution in [3.05, 3.63) is 23.3 Å². The molecule has 0 N–H and O–H groups in total. The van der Waals surface area contributed by atoms with Gasteiger partial charge in [-0.1, -0.05) is 60.6 Å². The summed E-state index contributed by atoms with van der Waals surface area (Å²) >= 11 is 0. The lowest BCUT2D eigenvalue weighted by molar-refractivity contribution is -0.153. The second kappa shape index (κ2) is 11.4. The molecule has 0 radical (unpaired) electrons. The zero-order chi connectivity index (χ0) is 26.8. The summed E-state index contributed by atoms with van der Waals surface area (Å²) in [5.41, 5.74) is 4.11. The van der Waals surface area contributed by atoms with Gasteiger partial charge in [0.15, 0.2) is 16.6 Å². The van der Waals surface area contributed by atoms with E-state index < -0.39 is 16.6 Å². The first-order chi connectivity index (χ1) is 16.0. The molecule has 1 saturated carbocycles. The number of esters is 1.